The first-order valence-electron chi connectivity index (χ1n) is 10.4. The van der Waals surface area contributed by atoms with Crippen molar-refractivity contribution in [1.29, 1.82) is 0 Å². The molecule has 2 aromatic carbocycles. The van der Waals surface area contributed by atoms with Gasteiger partial charge in [-0.15, -0.1) is 0 Å². The van der Waals surface area contributed by atoms with Gasteiger partial charge in [0.25, 0.3) is 11.5 Å². The second kappa shape index (κ2) is 7.88. The molecule has 158 valence electrons. The van der Waals surface area contributed by atoms with E-state index < -0.39 is 0 Å². The van der Waals surface area contributed by atoms with E-state index in [0.717, 1.165) is 16.6 Å². The molecule has 0 aliphatic carbocycles. The van der Waals surface area contributed by atoms with Gasteiger partial charge < -0.3 is 19.9 Å². The van der Waals surface area contributed by atoms with Crippen LogP contribution in [-0.4, -0.2) is 63.2 Å². The Morgan fingerprint density at radius 3 is 2.71 bits per heavy atom. The van der Waals surface area contributed by atoms with E-state index in [-0.39, 0.29) is 24.6 Å². The van der Waals surface area contributed by atoms with Crippen LogP contribution in [0.4, 0.5) is 5.69 Å². The molecule has 0 unspecified atom stereocenters. The van der Waals surface area contributed by atoms with E-state index in [1.54, 1.807) is 6.07 Å². The number of hydrogen-bond donors (Lipinski definition) is 2. The Morgan fingerprint density at radius 2 is 1.90 bits per heavy atom. The van der Waals surface area contributed by atoms with Crippen LogP contribution < -0.4 is 10.5 Å². The Hall–Kier alpha value is -3.65. The molecule has 0 atom stereocenters. The summed E-state index contributed by atoms with van der Waals surface area (Å²) in [5.74, 6) is 0.0485. The number of carbonyl (C=O) groups is 1. The largest absolute Gasteiger partial charge is 0.395 e. The van der Waals surface area contributed by atoms with Gasteiger partial charge >= 0.3 is 0 Å². The molecule has 8 heteroatoms. The number of nitrogens with one attached hydrogen (secondary N) is 1. The quantitative estimate of drug-likeness (QED) is 0.528. The number of rotatable bonds is 4. The topological polar surface area (TPSA) is 94.5 Å². The minimum atomic E-state index is -0.152. The maximum atomic E-state index is 12.9. The Bertz CT molecular complexity index is 1320. The highest BCUT2D eigenvalue weighted by molar-refractivity contribution is 5.98. The van der Waals surface area contributed by atoms with Gasteiger partial charge in [0.15, 0.2) is 0 Å². The van der Waals surface area contributed by atoms with Crippen LogP contribution in [0, 0.1) is 0 Å². The van der Waals surface area contributed by atoms with Gasteiger partial charge in [0.05, 0.1) is 30.4 Å². The molecule has 1 amide bonds. The Balaban J connectivity index is 1.30. The van der Waals surface area contributed by atoms with Crippen LogP contribution in [0.2, 0.25) is 0 Å². The highest BCUT2D eigenvalue weighted by Gasteiger charge is 2.23. The zero-order chi connectivity index (χ0) is 21.4. The summed E-state index contributed by atoms with van der Waals surface area (Å²) in [6.07, 6.45) is 3.35. The fraction of sp³-hybridized carbons (Fsp3) is 0.261. The molecule has 0 bridgehead atoms. The molecule has 3 heterocycles. The molecular formula is C23H23N5O3. The zero-order valence-electron chi connectivity index (χ0n) is 17.0. The van der Waals surface area contributed by atoms with Gasteiger partial charge in [-0.2, -0.15) is 0 Å². The summed E-state index contributed by atoms with van der Waals surface area (Å²) in [6.45, 7) is 2.82. The lowest BCUT2D eigenvalue weighted by molar-refractivity contribution is 0.0747. The number of nitrogens with zero attached hydrogens (tertiary/aromatic N) is 4. The number of hydrogen-bond acceptors (Lipinski definition) is 5. The summed E-state index contributed by atoms with van der Waals surface area (Å²) >= 11 is 0. The zero-order valence-corrected chi connectivity index (χ0v) is 17.0. The van der Waals surface area contributed by atoms with Gasteiger partial charge in [-0.05, 0) is 42.5 Å². The van der Waals surface area contributed by atoms with Gasteiger partial charge in [0.2, 0.25) is 0 Å². The number of benzene rings is 2. The predicted molar refractivity (Wildman–Crippen MR) is 120 cm³/mol. The lowest BCUT2D eigenvalue weighted by atomic mass is 10.1. The molecular weight excluding hydrogens is 394 g/mol. The first kappa shape index (κ1) is 19.3. The standard InChI is InChI=1S/C23H23N5O3/c29-12-11-28-15-25-21-14-18(2-3-19(21)23(28)31)26-7-9-27(10-8-26)22(30)17-1-4-20-16(13-17)5-6-24-20/h1-6,13-15,24,29H,7-12H2. The van der Waals surface area contributed by atoms with Crippen molar-refractivity contribution in [1.82, 2.24) is 19.4 Å². The van der Waals surface area contributed by atoms with Gasteiger partial charge in [-0.1, -0.05) is 0 Å². The molecule has 2 aromatic heterocycles. The first-order chi connectivity index (χ1) is 15.1. The number of aromatic nitrogens is 3. The molecule has 1 aliphatic rings. The molecule has 8 nitrogen and oxygen atoms in total. The first-order valence-corrected chi connectivity index (χ1v) is 10.4. The summed E-state index contributed by atoms with van der Waals surface area (Å²) in [6, 6.07) is 13.3. The second-order valence-electron chi connectivity index (χ2n) is 7.73. The van der Waals surface area contributed by atoms with E-state index in [4.69, 9.17) is 5.11 Å². The number of carbonyl (C=O) groups excluding carboxylic acids is 1. The number of anilines is 1. The van der Waals surface area contributed by atoms with E-state index in [0.29, 0.717) is 42.6 Å². The van der Waals surface area contributed by atoms with Crippen LogP contribution in [0.1, 0.15) is 10.4 Å². The molecule has 2 N–H and O–H groups in total. The van der Waals surface area contributed by atoms with E-state index in [1.165, 1.54) is 10.9 Å². The van der Waals surface area contributed by atoms with Crippen LogP contribution in [0.5, 0.6) is 0 Å². The van der Waals surface area contributed by atoms with Gasteiger partial charge in [-0.25, -0.2) is 4.98 Å². The van der Waals surface area contributed by atoms with Crippen LogP contribution in [-0.2, 0) is 6.54 Å². The number of aromatic amines is 1. The number of fused-ring (bicyclic) bond motifs is 2. The normalized spacial score (nSPS) is 14.5. The number of amides is 1. The van der Waals surface area contributed by atoms with E-state index in [9.17, 15) is 9.59 Å². The van der Waals surface area contributed by atoms with Crippen molar-refractivity contribution < 1.29 is 9.90 Å². The molecule has 0 saturated carbocycles. The number of aliphatic hydroxyl groups excluding tert-OH is 1. The van der Waals surface area contributed by atoms with E-state index in [1.807, 2.05) is 47.5 Å². The summed E-state index contributed by atoms with van der Waals surface area (Å²) in [4.78, 5) is 37.0. The second-order valence-corrected chi connectivity index (χ2v) is 7.73. The van der Waals surface area contributed by atoms with Crippen molar-refractivity contribution in [3.8, 4) is 0 Å². The minimum Gasteiger partial charge on any atom is -0.395 e. The number of piperazine rings is 1. The van der Waals surface area contributed by atoms with E-state index >= 15 is 0 Å². The van der Waals surface area contributed by atoms with Crippen molar-refractivity contribution >= 4 is 33.4 Å². The van der Waals surface area contributed by atoms with Crippen LogP contribution >= 0.6 is 0 Å². The lowest BCUT2D eigenvalue weighted by Gasteiger charge is -2.36. The highest BCUT2D eigenvalue weighted by Crippen LogP contribution is 2.22. The van der Waals surface area contributed by atoms with Crippen LogP contribution in [0.15, 0.2) is 59.8 Å². The third kappa shape index (κ3) is 3.55. The molecule has 31 heavy (non-hydrogen) atoms. The van der Waals surface area contributed by atoms with Crippen molar-refractivity contribution in [3.63, 3.8) is 0 Å². The van der Waals surface area contributed by atoms with Gasteiger partial charge in [0, 0.05) is 54.5 Å². The van der Waals surface area contributed by atoms with Crippen LogP contribution in [0.25, 0.3) is 21.8 Å². The minimum absolute atomic E-state index is 0.0485. The third-order valence-electron chi connectivity index (χ3n) is 5.88. The average molecular weight is 417 g/mol. The molecule has 0 radical (unpaired) electrons. The maximum Gasteiger partial charge on any atom is 0.261 e. The monoisotopic (exact) mass is 417 g/mol. The van der Waals surface area contributed by atoms with E-state index in [2.05, 4.69) is 14.9 Å². The number of aliphatic hydroxyl groups is 1. The summed E-state index contributed by atoms with van der Waals surface area (Å²) in [7, 11) is 0. The predicted octanol–water partition coefficient (Wildman–Crippen LogP) is 1.83. The molecule has 1 saturated heterocycles. The van der Waals surface area contributed by atoms with Crippen molar-refractivity contribution in [3.05, 3.63) is 70.9 Å². The summed E-state index contributed by atoms with van der Waals surface area (Å²) in [5, 5.41) is 10.6. The van der Waals surface area contributed by atoms with Crippen molar-refractivity contribution in [2.24, 2.45) is 0 Å². The average Bonchev–Trinajstić information content (AvgIpc) is 3.28. The Morgan fingerprint density at radius 1 is 1.06 bits per heavy atom. The SMILES string of the molecule is O=C(c1ccc2[nH]ccc2c1)N1CCN(c2ccc3c(=O)n(CCO)cnc3c2)CC1. The fourth-order valence-electron chi connectivity index (χ4n) is 4.15. The van der Waals surface area contributed by atoms with Gasteiger partial charge in [0.1, 0.15) is 0 Å². The fourth-order valence-corrected chi connectivity index (χ4v) is 4.15. The maximum absolute atomic E-state index is 12.9. The van der Waals surface area contributed by atoms with Gasteiger partial charge in [-0.3, -0.25) is 14.2 Å². The summed E-state index contributed by atoms with van der Waals surface area (Å²) in [5.41, 5.74) is 3.19. The third-order valence-corrected chi connectivity index (χ3v) is 5.88. The van der Waals surface area contributed by atoms with Crippen molar-refractivity contribution in [2.45, 2.75) is 6.54 Å². The van der Waals surface area contributed by atoms with Crippen molar-refractivity contribution in [2.75, 3.05) is 37.7 Å². The number of H-pyrrole nitrogens is 1. The highest BCUT2D eigenvalue weighted by atomic mass is 16.3. The summed E-state index contributed by atoms with van der Waals surface area (Å²) < 4.78 is 1.41. The molecule has 0 spiro atoms. The Labute approximate surface area is 178 Å². The smallest absolute Gasteiger partial charge is 0.261 e. The molecule has 1 aliphatic heterocycles. The van der Waals surface area contributed by atoms with Crippen LogP contribution in [0.3, 0.4) is 0 Å². The molecule has 4 aromatic rings. The molecule has 1 fully saturated rings. The Kier molecular flexibility index (Phi) is 4.91. The lowest BCUT2D eigenvalue weighted by Crippen LogP contribution is -2.48. The molecule has 5 rings (SSSR count).